The van der Waals surface area contributed by atoms with Crippen LogP contribution in [0.2, 0.25) is 0 Å². The number of nitrogens with one attached hydrogen (secondary N) is 2. The SMILES string of the molecule is Cc1oc(C(=O)NN)cc1CSc1ncn[nH]1. The number of nitrogen functional groups attached to an aromatic ring is 1. The number of hydrogen-bond acceptors (Lipinski definition) is 6. The summed E-state index contributed by atoms with van der Waals surface area (Å²) >= 11 is 1.47. The lowest BCUT2D eigenvalue weighted by atomic mass is 10.3. The van der Waals surface area contributed by atoms with Crippen molar-refractivity contribution in [1.29, 1.82) is 0 Å². The molecule has 0 aliphatic carbocycles. The van der Waals surface area contributed by atoms with Gasteiger partial charge >= 0.3 is 5.91 Å². The van der Waals surface area contributed by atoms with E-state index in [1.807, 2.05) is 5.43 Å². The number of thioether (sulfide) groups is 1. The van der Waals surface area contributed by atoms with Gasteiger partial charge in [0.2, 0.25) is 0 Å². The molecule has 2 rings (SSSR count). The van der Waals surface area contributed by atoms with Crippen molar-refractivity contribution in [3.63, 3.8) is 0 Å². The number of rotatable bonds is 4. The minimum absolute atomic E-state index is 0.207. The van der Waals surface area contributed by atoms with E-state index in [0.717, 1.165) is 10.7 Å². The average molecular weight is 253 g/mol. The topological polar surface area (TPSA) is 110 Å². The Morgan fingerprint density at radius 1 is 1.71 bits per heavy atom. The first-order valence-corrected chi connectivity index (χ1v) is 5.77. The number of hydrazine groups is 1. The predicted octanol–water partition coefficient (Wildman–Crippen LogP) is 0.602. The van der Waals surface area contributed by atoms with Crippen LogP contribution in [0.5, 0.6) is 0 Å². The summed E-state index contributed by atoms with van der Waals surface area (Å²) in [5.74, 6) is 6.12. The second kappa shape index (κ2) is 5.02. The molecule has 0 spiro atoms. The third kappa shape index (κ3) is 2.66. The zero-order chi connectivity index (χ0) is 12.3. The fourth-order valence-corrected chi connectivity index (χ4v) is 2.07. The van der Waals surface area contributed by atoms with Crippen molar-refractivity contribution in [2.75, 3.05) is 0 Å². The highest BCUT2D eigenvalue weighted by atomic mass is 32.2. The second-order valence-electron chi connectivity index (χ2n) is 3.24. The molecular weight excluding hydrogens is 242 g/mol. The van der Waals surface area contributed by atoms with Gasteiger partial charge in [-0.05, 0) is 13.0 Å². The molecule has 0 unspecified atom stereocenters. The molecule has 0 fully saturated rings. The molecule has 4 N–H and O–H groups in total. The molecule has 90 valence electrons. The number of carbonyl (C=O) groups excluding carboxylic acids is 1. The average Bonchev–Trinajstić information content (AvgIpc) is 2.95. The number of nitrogens with zero attached hydrogens (tertiary/aromatic N) is 2. The maximum Gasteiger partial charge on any atom is 0.300 e. The highest BCUT2D eigenvalue weighted by molar-refractivity contribution is 7.98. The molecule has 0 saturated heterocycles. The van der Waals surface area contributed by atoms with Gasteiger partial charge in [0.15, 0.2) is 10.9 Å². The van der Waals surface area contributed by atoms with Crippen LogP contribution in [0.4, 0.5) is 0 Å². The molecular formula is C9H11N5O2S. The van der Waals surface area contributed by atoms with Crippen LogP contribution in [0.15, 0.2) is 22.0 Å². The molecule has 0 saturated carbocycles. The summed E-state index contributed by atoms with van der Waals surface area (Å²) in [6.45, 7) is 1.80. The third-order valence-corrected chi connectivity index (χ3v) is 3.06. The predicted molar refractivity (Wildman–Crippen MR) is 61.0 cm³/mol. The Morgan fingerprint density at radius 3 is 3.18 bits per heavy atom. The first kappa shape index (κ1) is 11.7. The summed E-state index contributed by atoms with van der Waals surface area (Å²) in [5, 5.41) is 7.20. The van der Waals surface area contributed by atoms with Crippen molar-refractivity contribution < 1.29 is 9.21 Å². The standard InChI is InChI=1S/C9H11N5O2S/c1-5-6(2-7(16-5)8(15)13-10)3-17-9-11-4-12-14-9/h2,4H,3,10H2,1H3,(H,13,15)(H,11,12,14). The number of hydrogen-bond donors (Lipinski definition) is 3. The minimum atomic E-state index is -0.441. The fourth-order valence-electron chi connectivity index (χ4n) is 1.26. The van der Waals surface area contributed by atoms with Crippen LogP contribution in [0, 0.1) is 6.92 Å². The van der Waals surface area contributed by atoms with Gasteiger partial charge in [-0.2, -0.15) is 5.10 Å². The number of carbonyl (C=O) groups is 1. The van der Waals surface area contributed by atoms with Gasteiger partial charge in [0.25, 0.3) is 0 Å². The van der Waals surface area contributed by atoms with Crippen LogP contribution in [0.1, 0.15) is 21.9 Å². The summed E-state index contributed by atoms with van der Waals surface area (Å²) in [6, 6.07) is 1.67. The molecule has 0 aromatic carbocycles. The molecule has 0 aliphatic rings. The lowest BCUT2D eigenvalue weighted by Gasteiger charge is -1.94. The van der Waals surface area contributed by atoms with E-state index in [1.165, 1.54) is 18.1 Å². The van der Waals surface area contributed by atoms with Gasteiger partial charge in [-0.3, -0.25) is 15.3 Å². The Balaban J connectivity index is 2.06. The number of furan rings is 1. The van der Waals surface area contributed by atoms with E-state index in [2.05, 4.69) is 15.2 Å². The molecule has 2 aromatic heterocycles. The van der Waals surface area contributed by atoms with Crippen molar-refractivity contribution in [3.05, 3.63) is 29.5 Å². The number of aryl methyl sites for hydroxylation is 1. The van der Waals surface area contributed by atoms with E-state index in [0.29, 0.717) is 11.5 Å². The van der Waals surface area contributed by atoms with Gasteiger partial charge in [-0.25, -0.2) is 10.8 Å². The van der Waals surface area contributed by atoms with Gasteiger partial charge in [0.1, 0.15) is 12.1 Å². The summed E-state index contributed by atoms with van der Waals surface area (Å²) in [4.78, 5) is 15.2. The summed E-state index contributed by atoms with van der Waals surface area (Å²) in [5.41, 5.74) is 2.94. The van der Waals surface area contributed by atoms with Crippen molar-refractivity contribution in [2.45, 2.75) is 17.8 Å². The Kier molecular flexibility index (Phi) is 3.45. The second-order valence-corrected chi connectivity index (χ2v) is 4.21. The normalized spacial score (nSPS) is 10.5. The molecule has 2 heterocycles. The number of nitrogens with two attached hydrogens (primary N) is 1. The molecule has 0 aliphatic heterocycles. The van der Waals surface area contributed by atoms with Gasteiger partial charge in [-0.15, -0.1) is 0 Å². The van der Waals surface area contributed by atoms with E-state index in [9.17, 15) is 4.79 Å². The molecule has 8 heteroatoms. The number of aromatic nitrogens is 3. The van der Waals surface area contributed by atoms with Crippen LogP contribution in [-0.2, 0) is 5.75 Å². The number of amides is 1. The quantitative estimate of drug-likeness (QED) is 0.318. The molecule has 0 atom stereocenters. The summed E-state index contributed by atoms with van der Waals surface area (Å²) in [6.07, 6.45) is 1.44. The smallest absolute Gasteiger partial charge is 0.300 e. The molecule has 0 radical (unpaired) electrons. The lowest BCUT2D eigenvalue weighted by molar-refractivity contribution is 0.0924. The van der Waals surface area contributed by atoms with E-state index in [4.69, 9.17) is 10.3 Å². The summed E-state index contributed by atoms with van der Waals surface area (Å²) in [7, 11) is 0. The van der Waals surface area contributed by atoms with Crippen LogP contribution < -0.4 is 11.3 Å². The van der Waals surface area contributed by atoms with Gasteiger partial charge < -0.3 is 4.42 Å². The molecule has 2 aromatic rings. The summed E-state index contributed by atoms with van der Waals surface area (Å²) < 4.78 is 5.29. The Bertz CT molecular complexity index is 507. The highest BCUT2D eigenvalue weighted by Crippen LogP contribution is 2.23. The van der Waals surface area contributed by atoms with Crippen molar-refractivity contribution >= 4 is 17.7 Å². The first-order valence-electron chi connectivity index (χ1n) is 4.79. The Hall–Kier alpha value is -1.80. The molecule has 1 amide bonds. The maximum atomic E-state index is 11.2. The van der Waals surface area contributed by atoms with E-state index in [1.54, 1.807) is 13.0 Å². The minimum Gasteiger partial charge on any atom is -0.456 e. The van der Waals surface area contributed by atoms with Crippen LogP contribution in [-0.4, -0.2) is 21.1 Å². The molecule has 0 bridgehead atoms. The maximum absolute atomic E-state index is 11.2. The highest BCUT2D eigenvalue weighted by Gasteiger charge is 2.13. The van der Waals surface area contributed by atoms with Crippen molar-refractivity contribution in [1.82, 2.24) is 20.6 Å². The van der Waals surface area contributed by atoms with E-state index >= 15 is 0 Å². The first-order chi connectivity index (χ1) is 8.20. The fraction of sp³-hybridized carbons (Fsp3) is 0.222. The molecule has 7 nitrogen and oxygen atoms in total. The number of H-pyrrole nitrogens is 1. The van der Waals surface area contributed by atoms with Gasteiger partial charge in [-0.1, -0.05) is 11.8 Å². The van der Waals surface area contributed by atoms with Crippen molar-refractivity contribution in [2.24, 2.45) is 5.84 Å². The number of aromatic amines is 1. The lowest BCUT2D eigenvalue weighted by Crippen LogP contribution is -2.29. The third-order valence-electron chi connectivity index (χ3n) is 2.13. The van der Waals surface area contributed by atoms with Crippen LogP contribution in [0.25, 0.3) is 0 Å². The van der Waals surface area contributed by atoms with E-state index < -0.39 is 5.91 Å². The van der Waals surface area contributed by atoms with Crippen LogP contribution in [0.3, 0.4) is 0 Å². The zero-order valence-corrected chi connectivity index (χ0v) is 9.87. The van der Waals surface area contributed by atoms with Crippen molar-refractivity contribution in [3.8, 4) is 0 Å². The molecule has 17 heavy (non-hydrogen) atoms. The Labute approximate surface area is 101 Å². The van der Waals surface area contributed by atoms with Gasteiger partial charge in [0.05, 0.1) is 0 Å². The Morgan fingerprint density at radius 2 is 2.53 bits per heavy atom. The van der Waals surface area contributed by atoms with E-state index in [-0.39, 0.29) is 5.76 Å². The largest absolute Gasteiger partial charge is 0.456 e. The monoisotopic (exact) mass is 253 g/mol. The van der Waals surface area contributed by atoms with Crippen LogP contribution >= 0.6 is 11.8 Å². The zero-order valence-electron chi connectivity index (χ0n) is 9.06. The van der Waals surface area contributed by atoms with Gasteiger partial charge in [0, 0.05) is 11.3 Å².